The van der Waals surface area contributed by atoms with Gasteiger partial charge in [-0.1, -0.05) is 35.7 Å². The van der Waals surface area contributed by atoms with E-state index in [2.05, 4.69) is 16.6 Å². The largest absolute Gasteiger partial charge is 0.240 e. The Morgan fingerprint density at radius 3 is 2.26 bits per heavy atom. The van der Waals surface area contributed by atoms with Gasteiger partial charge in [-0.2, -0.15) is 0 Å². The molecule has 3 nitrogen and oxygen atoms in total. The van der Waals surface area contributed by atoms with E-state index in [1.165, 1.54) is 5.56 Å². The first-order valence-corrected chi connectivity index (χ1v) is 9.07. The van der Waals surface area contributed by atoms with Gasteiger partial charge in [0.1, 0.15) is 0 Å². The smallest absolute Gasteiger partial charge is 0.211 e. The molecule has 0 heterocycles. The standard InChI is InChI=1S/C19H21NO2S/c1-3-5-17-9-11-18(12-10-17)6-4-15-20-23(21,22)19-13-7-16(2)8-14-19/h7-14,20H,4,6,15H2,1-2H3. The Kier molecular flexibility index (Phi) is 5.97. The molecule has 0 fully saturated rings. The lowest BCUT2D eigenvalue weighted by atomic mass is 10.1. The highest BCUT2D eigenvalue weighted by atomic mass is 32.2. The molecule has 0 radical (unpaired) electrons. The molecule has 1 N–H and O–H groups in total. The highest BCUT2D eigenvalue weighted by Crippen LogP contribution is 2.10. The molecular weight excluding hydrogens is 306 g/mol. The van der Waals surface area contributed by atoms with E-state index in [9.17, 15) is 8.42 Å². The molecule has 0 unspecified atom stereocenters. The third kappa shape index (κ3) is 5.24. The van der Waals surface area contributed by atoms with Crippen LogP contribution in [0.1, 0.15) is 30.0 Å². The first kappa shape index (κ1) is 17.3. The van der Waals surface area contributed by atoms with Crippen LogP contribution >= 0.6 is 0 Å². The molecule has 2 aromatic rings. The van der Waals surface area contributed by atoms with Gasteiger partial charge in [-0.05, 0) is 56.5 Å². The zero-order valence-corrected chi connectivity index (χ0v) is 14.3. The van der Waals surface area contributed by atoms with Crippen LogP contribution in [-0.4, -0.2) is 15.0 Å². The average Bonchev–Trinajstić information content (AvgIpc) is 2.54. The Balaban J connectivity index is 1.84. The lowest BCUT2D eigenvalue weighted by Gasteiger charge is -2.07. The molecule has 0 spiro atoms. The first-order chi connectivity index (χ1) is 11.0. The SMILES string of the molecule is CC#Cc1ccc(CCCNS(=O)(=O)c2ccc(C)cc2)cc1. The number of benzene rings is 2. The van der Waals surface area contributed by atoms with Gasteiger partial charge in [-0.3, -0.25) is 0 Å². The molecule has 0 saturated carbocycles. The van der Waals surface area contributed by atoms with Gasteiger partial charge in [0.05, 0.1) is 4.90 Å². The van der Waals surface area contributed by atoms with Crippen LogP contribution in [0.15, 0.2) is 53.4 Å². The van der Waals surface area contributed by atoms with Crippen molar-refractivity contribution in [2.24, 2.45) is 0 Å². The summed E-state index contributed by atoms with van der Waals surface area (Å²) >= 11 is 0. The lowest BCUT2D eigenvalue weighted by Crippen LogP contribution is -2.25. The van der Waals surface area contributed by atoms with E-state index in [1.54, 1.807) is 24.3 Å². The Hall–Kier alpha value is -2.09. The Labute approximate surface area is 138 Å². The van der Waals surface area contributed by atoms with E-state index in [1.807, 2.05) is 38.1 Å². The van der Waals surface area contributed by atoms with E-state index in [-0.39, 0.29) is 0 Å². The summed E-state index contributed by atoms with van der Waals surface area (Å²) in [7, 11) is -3.41. The van der Waals surface area contributed by atoms with Crippen molar-refractivity contribution in [3.63, 3.8) is 0 Å². The van der Waals surface area contributed by atoms with Crippen molar-refractivity contribution in [3.05, 3.63) is 65.2 Å². The highest BCUT2D eigenvalue weighted by molar-refractivity contribution is 7.89. The van der Waals surface area contributed by atoms with Crippen LogP contribution in [-0.2, 0) is 16.4 Å². The van der Waals surface area contributed by atoms with Crippen molar-refractivity contribution in [2.75, 3.05) is 6.54 Å². The van der Waals surface area contributed by atoms with Crippen molar-refractivity contribution in [1.82, 2.24) is 4.72 Å². The van der Waals surface area contributed by atoms with Crippen molar-refractivity contribution in [1.29, 1.82) is 0 Å². The van der Waals surface area contributed by atoms with Gasteiger partial charge in [0.15, 0.2) is 0 Å². The summed E-state index contributed by atoms with van der Waals surface area (Å²) in [6.07, 6.45) is 1.58. The van der Waals surface area contributed by atoms with E-state index in [0.29, 0.717) is 11.4 Å². The Morgan fingerprint density at radius 1 is 1.00 bits per heavy atom. The van der Waals surface area contributed by atoms with E-state index in [4.69, 9.17) is 0 Å². The van der Waals surface area contributed by atoms with Gasteiger partial charge in [0.25, 0.3) is 0 Å². The van der Waals surface area contributed by atoms with Gasteiger partial charge in [-0.15, -0.1) is 5.92 Å². The summed E-state index contributed by atoms with van der Waals surface area (Å²) in [5, 5.41) is 0. The van der Waals surface area contributed by atoms with Crippen LogP contribution in [0, 0.1) is 18.8 Å². The maximum atomic E-state index is 12.1. The number of rotatable bonds is 6. The number of nitrogens with one attached hydrogen (secondary N) is 1. The minimum Gasteiger partial charge on any atom is -0.211 e. The second-order valence-electron chi connectivity index (χ2n) is 5.39. The summed E-state index contributed by atoms with van der Waals surface area (Å²) in [5.74, 6) is 5.87. The van der Waals surface area contributed by atoms with Crippen molar-refractivity contribution in [2.45, 2.75) is 31.6 Å². The number of hydrogen-bond donors (Lipinski definition) is 1. The minimum absolute atomic E-state index is 0.311. The molecule has 0 atom stereocenters. The normalized spacial score (nSPS) is 10.9. The Bertz CT molecular complexity index is 795. The fourth-order valence-electron chi connectivity index (χ4n) is 2.20. The van der Waals surface area contributed by atoms with Gasteiger partial charge in [0, 0.05) is 12.1 Å². The second-order valence-corrected chi connectivity index (χ2v) is 7.15. The van der Waals surface area contributed by atoms with Crippen LogP contribution in [0.3, 0.4) is 0 Å². The summed E-state index contributed by atoms with van der Waals surface area (Å²) in [6.45, 7) is 4.17. The predicted molar refractivity (Wildman–Crippen MR) is 93.7 cm³/mol. The van der Waals surface area contributed by atoms with E-state index < -0.39 is 10.0 Å². The van der Waals surface area contributed by atoms with Crippen LogP contribution < -0.4 is 4.72 Å². The molecule has 0 bridgehead atoms. The summed E-state index contributed by atoms with van der Waals surface area (Å²) in [6, 6.07) is 14.9. The van der Waals surface area contributed by atoms with Crippen molar-refractivity contribution >= 4 is 10.0 Å². The topological polar surface area (TPSA) is 46.2 Å². The van der Waals surface area contributed by atoms with Gasteiger partial charge in [0.2, 0.25) is 10.0 Å². The summed E-state index contributed by atoms with van der Waals surface area (Å²) < 4.78 is 26.9. The van der Waals surface area contributed by atoms with Crippen LogP contribution in [0.25, 0.3) is 0 Å². The van der Waals surface area contributed by atoms with Crippen molar-refractivity contribution < 1.29 is 8.42 Å². The molecular formula is C19H21NO2S. The molecule has 0 aliphatic rings. The minimum atomic E-state index is -3.41. The highest BCUT2D eigenvalue weighted by Gasteiger charge is 2.12. The fraction of sp³-hybridized carbons (Fsp3) is 0.263. The maximum absolute atomic E-state index is 12.1. The number of sulfonamides is 1. The van der Waals surface area contributed by atoms with Gasteiger partial charge >= 0.3 is 0 Å². The van der Waals surface area contributed by atoms with E-state index >= 15 is 0 Å². The maximum Gasteiger partial charge on any atom is 0.240 e. The third-order valence-corrected chi connectivity index (χ3v) is 4.97. The summed E-state index contributed by atoms with van der Waals surface area (Å²) in [4.78, 5) is 0.311. The van der Waals surface area contributed by atoms with Crippen LogP contribution in [0.2, 0.25) is 0 Å². The lowest BCUT2D eigenvalue weighted by molar-refractivity contribution is 0.579. The van der Waals surface area contributed by atoms with Gasteiger partial charge < -0.3 is 0 Å². The van der Waals surface area contributed by atoms with Crippen LogP contribution in [0.4, 0.5) is 0 Å². The second kappa shape index (κ2) is 7.96. The molecule has 2 rings (SSSR count). The molecule has 23 heavy (non-hydrogen) atoms. The molecule has 0 aromatic heterocycles. The quantitative estimate of drug-likeness (QED) is 0.654. The molecule has 4 heteroatoms. The number of hydrogen-bond acceptors (Lipinski definition) is 2. The fourth-order valence-corrected chi connectivity index (χ4v) is 3.27. The zero-order chi connectivity index (χ0) is 16.7. The molecule has 120 valence electrons. The van der Waals surface area contributed by atoms with Crippen LogP contribution in [0.5, 0.6) is 0 Å². The molecule has 0 aliphatic heterocycles. The zero-order valence-electron chi connectivity index (χ0n) is 13.5. The summed E-state index contributed by atoms with van der Waals surface area (Å²) in [5.41, 5.74) is 3.22. The third-order valence-electron chi connectivity index (χ3n) is 3.49. The monoisotopic (exact) mass is 327 g/mol. The first-order valence-electron chi connectivity index (χ1n) is 7.59. The van der Waals surface area contributed by atoms with E-state index in [0.717, 1.165) is 24.0 Å². The average molecular weight is 327 g/mol. The number of aryl methyl sites for hydroxylation is 2. The molecule has 2 aromatic carbocycles. The Morgan fingerprint density at radius 2 is 1.65 bits per heavy atom. The molecule has 0 saturated heterocycles. The van der Waals surface area contributed by atoms with Crippen molar-refractivity contribution in [3.8, 4) is 11.8 Å². The molecule has 0 aliphatic carbocycles. The molecule has 0 amide bonds. The predicted octanol–water partition coefficient (Wildman–Crippen LogP) is 3.28. The van der Waals surface area contributed by atoms with Gasteiger partial charge in [-0.25, -0.2) is 13.1 Å².